The molecule has 0 aliphatic carbocycles. The van der Waals surface area contributed by atoms with E-state index >= 15 is 0 Å². The third kappa shape index (κ3) is 4.14. The lowest BCUT2D eigenvalue weighted by Gasteiger charge is -2.06. The van der Waals surface area contributed by atoms with Crippen LogP contribution in [0, 0.1) is 0 Å². The van der Waals surface area contributed by atoms with E-state index in [4.69, 9.17) is 0 Å². The minimum atomic E-state index is -0.614. The standard InChI is InChI=1S/C12H16N2O3/c1-2-3-8-13-12(17)14-11(16)9-6-4-5-7-10(9)15/h4-7,15H,2-3,8H2,1H3,(H2,13,14,16,17). The lowest BCUT2D eigenvalue weighted by molar-refractivity contribution is 0.0961. The summed E-state index contributed by atoms with van der Waals surface area (Å²) < 4.78 is 0. The zero-order chi connectivity index (χ0) is 12.7. The van der Waals surface area contributed by atoms with Gasteiger partial charge in [0.1, 0.15) is 5.75 Å². The maximum atomic E-state index is 11.6. The molecular formula is C12H16N2O3. The van der Waals surface area contributed by atoms with Crippen molar-refractivity contribution in [3.05, 3.63) is 29.8 Å². The third-order valence-corrected chi connectivity index (χ3v) is 2.19. The van der Waals surface area contributed by atoms with Crippen LogP contribution in [0.3, 0.4) is 0 Å². The SMILES string of the molecule is CCCCNC(=O)NC(=O)c1ccccc1O. The number of para-hydroxylation sites is 1. The number of imide groups is 1. The predicted molar refractivity (Wildman–Crippen MR) is 63.9 cm³/mol. The quantitative estimate of drug-likeness (QED) is 0.695. The van der Waals surface area contributed by atoms with Crippen LogP contribution < -0.4 is 10.6 Å². The first-order valence-electron chi connectivity index (χ1n) is 5.52. The Labute approximate surface area is 99.8 Å². The van der Waals surface area contributed by atoms with Crippen molar-refractivity contribution >= 4 is 11.9 Å². The Morgan fingerprint density at radius 3 is 2.65 bits per heavy atom. The molecule has 0 aliphatic rings. The molecule has 5 heteroatoms. The molecule has 1 rings (SSSR count). The Morgan fingerprint density at radius 2 is 2.00 bits per heavy atom. The number of hydrogen-bond donors (Lipinski definition) is 3. The normalized spacial score (nSPS) is 9.71. The number of rotatable bonds is 4. The molecule has 0 heterocycles. The minimum Gasteiger partial charge on any atom is -0.507 e. The molecule has 0 atom stereocenters. The third-order valence-electron chi connectivity index (χ3n) is 2.19. The first-order valence-corrected chi connectivity index (χ1v) is 5.52. The van der Waals surface area contributed by atoms with Crippen LogP contribution in [0.1, 0.15) is 30.1 Å². The Balaban J connectivity index is 2.49. The van der Waals surface area contributed by atoms with Gasteiger partial charge >= 0.3 is 6.03 Å². The molecular weight excluding hydrogens is 220 g/mol. The minimum absolute atomic E-state index is 0.0816. The van der Waals surface area contributed by atoms with Gasteiger partial charge in [-0.15, -0.1) is 0 Å². The van der Waals surface area contributed by atoms with Gasteiger partial charge in [0.25, 0.3) is 5.91 Å². The number of urea groups is 1. The summed E-state index contributed by atoms with van der Waals surface area (Å²) in [7, 11) is 0. The maximum absolute atomic E-state index is 11.6. The molecule has 0 saturated carbocycles. The van der Waals surface area contributed by atoms with E-state index in [1.165, 1.54) is 12.1 Å². The van der Waals surface area contributed by atoms with Crippen LogP contribution in [-0.4, -0.2) is 23.6 Å². The summed E-state index contributed by atoms with van der Waals surface area (Å²) in [5, 5.41) is 14.1. The van der Waals surface area contributed by atoms with E-state index in [2.05, 4.69) is 10.6 Å². The fourth-order valence-corrected chi connectivity index (χ4v) is 1.26. The molecule has 0 fully saturated rings. The molecule has 1 aromatic carbocycles. The van der Waals surface area contributed by atoms with Gasteiger partial charge in [-0.05, 0) is 18.6 Å². The van der Waals surface area contributed by atoms with Gasteiger partial charge in [0.15, 0.2) is 0 Å². The molecule has 0 bridgehead atoms. The Kier molecular flexibility index (Phi) is 5.00. The van der Waals surface area contributed by atoms with Gasteiger partial charge < -0.3 is 10.4 Å². The predicted octanol–water partition coefficient (Wildman–Crippen LogP) is 1.63. The van der Waals surface area contributed by atoms with E-state index in [-0.39, 0.29) is 11.3 Å². The first kappa shape index (κ1) is 13.0. The van der Waals surface area contributed by atoms with Crippen LogP contribution in [0.25, 0.3) is 0 Å². The van der Waals surface area contributed by atoms with Gasteiger partial charge in [-0.1, -0.05) is 25.5 Å². The topological polar surface area (TPSA) is 78.4 Å². The number of aromatic hydroxyl groups is 1. The molecule has 3 N–H and O–H groups in total. The number of phenolic OH excluding ortho intramolecular Hbond substituents is 1. The Hall–Kier alpha value is -2.04. The van der Waals surface area contributed by atoms with Gasteiger partial charge in [0.05, 0.1) is 5.56 Å². The van der Waals surface area contributed by atoms with Gasteiger partial charge in [-0.3, -0.25) is 10.1 Å². The number of carbonyl (C=O) groups is 2. The van der Waals surface area contributed by atoms with Crippen molar-refractivity contribution in [1.82, 2.24) is 10.6 Å². The zero-order valence-corrected chi connectivity index (χ0v) is 9.69. The molecule has 1 aromatic rings. The molecule has 92 valence electrons. The van der Waals surface area contributed by atoms with Crippen LogP contribution in [0.2, 0.25) is 0 Å². The summed E-state index contributed by atoms with van der Waals surface area (Å²) in [6, 6.07) is 5.51. The number of benzene rings is 1. The second-order valence-corrected chi connectivity index (χ2v) is 3.58. The van der Waals surface area contributed by atoms with E-state index in [1.54, 1.807) is 12.1 Å². The Morgan fingerprint density at radius 1 is 1.29 bits per heavy atom. The molecule has 3 amide bonds. The van der Waals surface area contributed by atoms with Gasteiger partial charge in [0, 0.05) is 6.54 Å². The number of phenols is 1. The van der Waals surface area contributed by atoms with Crippen LogP contribution in [0.15, 0.2) is 24.3 Å². The molecule has 0 spiro atoms. The molecule has 5 nitrogen and oxygen atoms in total. The van der Waals surface area contributed by atoms with Crippen LogP contribution in [0.5, 0.6) is 5.75 Å². The number of nitrogens with one attached hydrogen (secondary N) is 2. The van der Waals surface area contributed by atoms with E-state index in [0.29, 0.717) is 6.54 Å². The monoisotopic (exact) mass is 236 g/mol. The van der Waals surface area contributed by atoms with Crippen molar-refractivity contribution in [1.29, 1.82) is 0 Å². The highest BCUT2D eigenvalue weighted by atomic mass is 16.3. The first-order chi connectivity index (χ1) is 8.15. The van der Waals surface area contributed by atoms with Crippen molar-refractivity contribution in [2.75, 3.05) is 6.54 Å². The van der Waals surface area contributed by atoms with E-state index < -0.39 is 11.9 Å². The van der Waals surface area contributed by atoms with Crippen molar-refractivity contribution in [3.63, 3.8) is 0 Å². The van der Waals surface area contributed by atoms with E-state index in [0.717, 1.165) is 12.8 Å². The van der Waals surface area contributed by atoms with Gasteiger partial charge in [-0.25, -0.2) is 4.79 Å². The van der Waals surface area contributed by atoms with Crippen molar-refractivity contribution in [3.8, 4) is 5.75 Å². The summed E-state index contributed by atoms with van der Waals surface area (Å²) in [5.41, 5.74) is 0.0816. The number of unbranched alkanes of at least 4 members (excludes halogenated alkanes) is 1. The molecule has 0 aliphatic heterocycles. The van der Waals surface area contributed by atoms with Gasteiger partial charge in [-0.2, -0.15) is 0 Å². The van der Waals surface area contributed by atoms with E-state index in [1.807, 2.05) is 6.92 Å². The van der Waals surface area contributed by atoms with Crippen molar-refractivity contribution < 1.29 is 14.7 Å². The highest BCUT2D eigenvalue weighted by molar-refractivity contribution is 6.05. The van der Waals surface area contributed by atoms with Crippen LogP contribution in [-0.2, 0) is 0 Å². The summed E-state index contributed by atoms with van der Waals surface area (Å²) in [5.74, 6) is -0.761. The number of amides is 3. The van der Waals surface area contributed by atoms with Crippen molar-refractivity contribution in [2.24, 2.45) is 0 Å². The number of carbonyl (C=O) groups excluding carboxylic acids is 2. The number of hydrogen-bond acceptors (Lipinski definition) is 3. The fraction of sp³-hybridized carbons (Fsp3) is 0.333. The molecule has 0 aromatic heterocycles. The maximum Gasteiger partial charge on any atom is 0.321 e. The average molecular weight is 236 g/mol. The summed E-state index contributed by atoms with van der Waals surface area (Å²) in [6.07, 6.45) is 1.83. The second kappa shape index (κ2) is 6.52. The second-order valence-electron chi connectivity index (χ2n) is 3.58. The highest BCUT2D eigenvalue weighted by Gasteiger charge is 2.12. The van der Waals surface area contributed by atoms with E-state index in [9.17, 15) is 14.7 Å². The summed E-state index contributed by atoms with van der Waals surface area (Å²) in [6.45, 7) is 2.53. The molecule has 17 heavy (non-hydrogen) atoms. The average Bonchev–Trinajstić information content (AvgIpc) is 2.29. The molecule has 0 radical (unpaired) electrons. The van der Waals surface area contributed by atoms with Crippen LogP contribution >= 0.6 is 0 Å². The fourth-order valence-electron chi connectivity index (χ4n) is 1.26. The molecule has 0 unspecified atom stereocenters. The highest BCUT2D eigenvalue weighted by Crippen LogP contribution is 2.14. The lowest BCUT2D eigenvalue weighted by Crippen LogP contribution is -2.39. The summed E-state index contributed by atoms with van der Waals surface area (Å²) >= 11 is 0. The summed E-state index contributed by atoms with van der Waals surface area (Å²) in [4.78, 5) is 22.9. The lowest BCUT2D eigenvalue weighted by atomic mass is 10.2. The van der Waals surface area contributed by atoms with Gasteiger partial charge in [0.2, 0.25) is 0 Å². The van der Waals surface area contributed by atoms with Crippen LogP contribution in [0.4, 0.5) is 4.79 Å². The largest absolute Gasteiger partial charge is 0.507 e. The van der Waals surface area contributed by atoms with Crippen molar-refractivity contribution in [2.45, 2.75) is 19.8 Å². The Bertz CT molecular complexity index is 404. The smallest absolute Gasteiger partial charge is 0.321 e. The molecule has 0 saturated heterocycles. The zero-order valence-electron chi connectivity index (χ0n) is 9.69.